The second-order valence-electron chi connectivity index (χ2n) is 11.7. The Morgan fingerprint density at radius 3 is 1.86 bits per heavy atom. The van der Waals surface area contributed by atoms with Crippen molar-refractivity contribution in [1.82, 2.24) is 0 Å². The van der Waals surface area contributed by atoms with Crippen molar-refractivity contribution < 1.29 is 22.3 Å². The van der Waals surface area contributed by atoms with Crippen LogP contribution in [-0.2, 0) is 4.74 Å². The number of hydrogen-bond donors (Lipinski definition) is 0. The van der Waals surface area contributed by atoms with E-state index in [-0.39, 0.29) is 6.08 Å². The third kappa shape index (κ3) is 7.82. The average Bonchev–Trinajstić information content (AvgIpc) is 2.89. The van der Waals surface area contributed by atoms with Crippen molar-refractivity contribution in [1.29, 1.82) is 0 Å². The van der Waals surface area contributed by atoms with Crippen LogP contribution in [0.1, 0.15) is 120 Å². The van der Waals surface area contributed by atoms with Gasteiger partial charge in [0.05, 0.1) is 12.7 Å². The van der Waals surface area contributed by atoms with E-state index in [1.54, 1.807) is 0 Å². The van der Waals surface area contributed by atoms with Crippen molar-refractivity contribution >= 4 is 0 Å². The summed E-state index contributed by atoms with van der Waals surface area (Å²) in [6.45, 7) is 2.65. The number of allylic oxidation sites excluding steroid dienone is 1. The standard InChI is InChI=1S/C31H44F4O/c1-2-3-4-5-22-6-8-23(9-7-22)24-10-12-25(13-11-24)26-14-16-27(17-15-26)28-18-19-30(36-21-28)29(32)20-31(33,34)35/h10-13,20,22-23,26-28,30H,2-9,14-19,21H2,1H3. The first kappa shape index (κ1) is 27.7. The zero-order valence-corrected chi connectivity index (χ0v) is 21.9. The number of alkyl halides is 3. The van der Waals surface area contributed by atoms with Gasteiger partial charge in [-0.3, -0.25) is 0 Å². The third-order valence-electron chi connectivity index (χ3n) is 9.30. The SMILES string of the molecule is CCCCCC1CCC(c2ccc(C3CCC(C4CCC(C(F)=CC(F)(F)F)OC4)CC3)cc2)CC1. The van der Waals surface area contributed by atoms with Crippen molar-refractivity contribution in [2.75, 3.05) is 6.61 Å². The summed E-state index contributed by atoms with van der Waals surface area (Å²) in [5.74, 6) is 1.94. The first-order valence-corrected chi connectivity index (χ1v) is 14.5. The van der Waals surface area contributed by atoms with E-state index >= 15 is 0 Å². The third-order valence-corrected chi connectivity index (χ3v) is 9.30. The van der Waals surface area contributed by atoms with E-state index in [1.807, 2.05) is 0 Å². The Balaban J connectivity index is 1.19. The molecule has 1 aromatic rings. The fraction of sp³-hybridized carbons (Fsp3) is 0.742. The van der Waals surface area contributed by atoms with Gasteiger partial charge >= 0.3 is 6.18 Å². The quantitative estimate of drug-likeness (QED) is 0.251. The van der Waals surface area contributed by atoms with E-state index in [9.17, 15) is 17.6 Å². The van der Waals surface area contributed by atoms with Crippen LogP contribution < -0.4 is 0 Å². The molecule has 2 atom stereocenters. The molecule has 5 heteroatoms. The van der Waals surface area contributed by atoms with Gasteiger partial charge in [0, 0.05) is 0 Å². The molecule has 0 aromatic heterocycles. The predicted octanol–water partition coefficient (Wildman–Crippen LogP) is 10.0. The molecule has 1 nitrogen and oxygen atoms in total. The molecule has 0 amide bonds. The highest BCUT2D eigenvalue weighted by Crippen LogP contribution is 2.43. The van der Waals surface area contributed by atoms with Gasteiger partial charge in [0.15, 0.2) is 0 Å². The lowest BCUT2D eigenvalue weighted by atomic mass is 9.72. The maximum absolute atomic E-state index is 13.8. The molecule has 2 unspecified atom stereocenters. The molecule has 202 valence electrons. The summed E-state index contributed by atoms with van der Waals surface area (Å²) in [6, 6.07) is 9.47. The molecule has 36 heavy (non-hydrogen) atoms. The molecule has 0 spiro atoms. The maximum Gasteiger partial charge on any atom is 0.412 e. The Morgan fingerprint density at radius 2 is 1.36 bits per heavy atom. The minimum Gasteiger partial charge on any atom is -0.371 e. The van der Waals surface area contributed by atoms with Crippen LogP contribution in [0.5, 0.6) is 0 Å². The van der Waals surface area contributed by atoms with Crippen LogP contribution in [0, 0.1) is 17.8 Å². The van der Waals surface area contributed by atoms with Gasteiger partial charge in [-0.25, -0.2) is 4.39 Å². The molecular weight excluding hydrogens is 464 g/mol. The fourth-order valence-corrected chi connectivity index (χ4v) is 7.04. The second-order valence-corrected chi connectivity index (χ2v) is 11.7. The first-order chi connectivity index (χ1) is 17.3. The van der Waals surface area contributed by atoms with Crippen LogP contribution in [0.15, 0.2) is 36.2 Å². The number of halogens is 4. The first-order valence-electron chi connectivity index (χ1n) is 14.5. The summed E-state index contributed by atoms with van der Waals surface area (Å²) >= 11 is 0. The molecule has 1 saturated heterocycles. The topological polar surface area (TPSA) is 9.23 Å². The molecule has 0 bridgehead atoms. The Morgan fingerprint density at radius 1 is 0.806 bits per heavy atom. The monoisotopic (exact) mass is 508 g/mol. The molecule has 2 aliphatic carbocycles. The lowest BCUT2D eigenvalue weighted by molar-refractivity contribution is -0.0855. The largest absolute Gasteiger partial charge is 0.412 e. The van der Waals surface area contributed by atoms with E-state index in [2.05, 4.69) is 31.2 Å². The minimum absolute atomic E-state index is 0.256. The highest BCUT2D eigenvalue weighted by molar-refractivity contribution is 5.28. The zero-order valence-electron chi connectivity index (χ0n) is 21.9. The Labute approximate surface area is 215 Å². The van der Waals surface area contributed by atoms with Crippen LogP contribution in [0.3, 0.4) is 0 Å². The van der Waals surface area contributed by atoms with Crippen molar-refractivity contribution in [2.24, 2.45) is 17.8 Å². The number of rotatable bonds is 8. The highest BCUT2D eigenvalue weighted by Gasteiger charge is 2.35. The molecule has 2 saturated carbocycles. The van der Waals surface area contributed by atoms with E-state index in [1.165, 1.54) is 62.5 Å². The molecule has 0 radical (unpaired) electrons. The predicted molar refractivity (Wildman–Crippen MR) is 138 cm³/mol. The molecule has 1 aliphatic heterocycles. The summed E-state index contributed by atoms with van der Waals surface area (Å²) in [4.78, 5) is 0. The van der Waals surface area contributed by atoms with E-state index < -0.39 is 18.1 Å². The van der Waals surface area contributed by atoms with Crippen LogP contribution in [0.25, 0.3) is 0 Å². The Hall–Kier alpha value is -1.36. The van der Waals surface area contributed by atoms with Crippen molar-refractivity contribution in [3.63, 3.8) is 0 Å². The van der Waals surface area contributed by atoms with Crippen LogP contribution >= 0.6 is 0 Å². The van der Waals surface area contributed by atoms with Gasteiger partial charge in [-0.1, -0.05) is 56.9 Å². The summed E-state index contributed by atoms with van der Waals surface area (Å²) in [6.07, 6.45) is 10.6. The van der Waals surface area contributed by atoms with E-state index in [0.29, 0.717) is 30.8 Å². The lowest BCUT2D eigenvalue weighted by Gasteiger charge is -2.37. The minimum atomic E-state index is -4.63. The molecule has 3 aliphatic rings. The van der Waals surface area contributed by atoms with Crippen molar-refractivity contribution in [3.05, 3.63) is 47.3 Å². The van der Waals surface area contributed by atoms with Crippen LogP contribution in [0.2, 0.25) is 0 Å². The number of ether oxygens (including phenoxy) is 1. The number of benzene rings is 1. The van der Waals surface area contributed by atoms with Gasteiger partial charge in [0.25, 0.3) is 0 Å². The fourth-order valence-electron chi connectivity index (χ4n) is 7.04. The lowest BCUT2D eigenvalue weighted by Crippen LogP contribution is -2.32. The molecular formula is C31H44F4O. The Bertz CT molecular complexity index is 806. The van der Waals surface area contributed by atoms with Gasteiger partial charge < -0.3 is 4.74 Å². The van der Waals surface area contributed by atoms with Gasteiger partial charge in [0.1, 0.15) is 11.9 Å². The molecule has 3 fully saturated rings. The molecule has 1 heterocycles. The normalized spacial score (nSPS) is 32.4. The molecule has 1 aromatic carbocycles. The molecule has 4 rings (SSSR count). The number of unbranched alkanes of at least 4 members (excludes halogenated alkanes) is 2. The average molecular weight is 509 g/mol. The van der Waals surface area contributed by atoms with Crippen LogP contribution in [-0.4, -0.2) is 18.9 Å². The van der Waals surface area contributed by atoms with Gasteiger partial charge in [-0.2, -0.15) is 13.2 Å². The summed E-state index contributed by atoms with van der Waals surface area (Å²) in [5, 5.41) is 0. The van der Waals surface area contributed by atoms with Crippen LogP contribution in [0.4, 0.5) is 17.6 Å². The molecule has 0 N–H and O–H groups in total. The summed E-state index contributed by atoms with van der Waals surface area (Å²) in [5.41, 5.74) is 2.96. The van der Waals surface area contributed by atoms with E-state index in [4.69, 9.17) is 4.74 Å². The van der Waals surface area contributed by atoms with E-state index in [0.717, 1.165) is 43.9 Å². The van der Waals surface area contributed by atoms with Gasteiger partial charge in [0.2, 0.25) is 0 Å². The second kappa shape index (κ2) is 12.9. The maximum atomic E-state index is 13.8. The Kier molecular flexibility index (Phi) is 9.94. The van der Waals surface area contributed by atoms with Gasteiger partial charge in [-0.05, 0) is 105 Å². The zero-order chi connectivity index (χ0) is 25.5. The van der Waals surface area contributed by atoms with Crippen molar-refractivity contribution in [2.45, 2.75) is 121 Å². The van der Waals surface area contributed by atoms with Gasteiger partial charge in [-0.15, -0.1) is 0 Å². The van der Waals surface area contributed by atoms with Crippen molar-refractivity contribution in [3.8, 4) is 0 Å². The summed E-state index contributed by atoms with van der Waals surface area (Å²) in [7, 11) is 0. The highest BCUT2D eigenvalue weighted by atomic mass is 19.4. The smallest absolute Gasteiger partial charge is 0.371 e. The summed E-state index contributed by atoms with van der Waals surface area (Å²) < 4.78 is 56.6. The number of hydrogen-bond acceptors (Lipinski definition) is 1.